The van der Waals surface area contributed by atoms with Crippen LogP contribution in [0.5, 0.6) is 0 Å². The molecule has 2 aromatic rings. The third-order valence-electron chi connectivity index (χ3n) is 3.46. The Morgan fingerprint density at radius 1 is 1.29 bits per heavy atom. The highest BCUT2D eigenvalue weighted by atomic mass is 32.1. The van der Waals surface area contributed by atoms with Gasteiger partial charge < -0.3 is 5.73 Å². The molecule has 1 heterocycles. The number of nitrogens with two attached hydrogens (primary N) is 1. The first-order valence-electron chi connectivity index (χ1n) is 6.00. The topological polar surface area (TPSA) is 38.9 Å². The first kappa shape index (κ1) is 10.9. The number of rotatable bonds is 3. The summed E-state index contributed by atoms with van der Waals surface area (Å²) in [6.45, 7) is 2.01. The van der Waals surface area contributed by atoms with Gasteiger partial charge in [0.1, 0.15) is 5.01 Å². The fourth-order valence-electron chi connectivity index (χ4n) is 2.23. The average molecular weight is 244 g/mol. The molecule has 1 aliphatic rings. The van der Waals surface area contributed by atoms with Crippen molar-refractivity contribution in [3.63, 3.8) is 0 Å². The molecule has 1 unspecified atom stereocenters. The maximum absolute atomic E-state index is 5.90. The zero-order chi connectivity index (χ0) is 11.9. The van der Waals surface area contributed by atoms with E-state index in [2.05, 4.69) is 35.3 Å². The third kappa shape index (κ3) is 1.79. The Hall–Kier alpha value is -1.19. The van der Waals surface area contributed by atoms with Gasteiger partial charge in [0.15, 0.2) is 0 Å². The van der Waals surface area contributed by atoms with Crippen LogP contribution in [0.15, 0.2) is 36.5 Å². The Labute approximate surface area is 106 Å². The number of hydrogen-bond donors (Lipinski definition) is 1. The van der Waals surface area contributed by atoms with E-state index >= 15 is 0 Å². The average Bonchev–Trinajstić information content (AvgIpc) is 3.00. The van der Waals surface area contributed by atoms with Gasteiger partial charge in [-0.05, 0) is 25.3 Å². The SMILES string of the molecule is CC(N)c1cnc(C2(c3ccccc3)CC2)s1. The van der Waals surface area contributed by atoms with Crippen molar-refractivity contribution < 1.29 is 0 Å². The van der Waals surface area contributed by atoms with Crippen molar-refractivity contribution in [2.24, 2.45) is 5.73 Å². The summed E-state index contributed by atoms with van der Waals surface area (Å²) in [5, 5.41) is 1.23. The largest absolute Gasteiger partial charge is 0.323 e. The molecule has 0 aliphatic heterocycles. The molecule has 88 valence electrons. The maximum atomic E-state index is 5.90. The van der Waals surface area contributed by atoms with Gasteiger partial charge in [-0.2, -0.15) is 0 Å². The lowest BCUT2D eigenvalue weighted by Gasteiger charge is -2.12. The Balaban J connectivity index is 1.98. The van der Waals surface area contributed by atoms with Crippen LogP contribution in [-0.2, 0) is 5.41 Å². The predicted octanol–water partition coefficient (Wildman–Crippen LogP) is 3.24. The van der Waals surface area contributed by atoms with Crippen LogP contribution in [0.25, 0.3) is 0 Å². The minimum atomic E-state index is 0.0906. The minimum absolute atomic E-state index is 0.0906. The summed E-state index contributed by atoms with van der Waals surface area (Å²) in [7, 11) is 0. The third-order valence-corrected chi connectivity index (χ3v) is 4.86. The molecule has 0 spiro atoms. The van der Waals surface area contributed by atoms with Gasteiger partial charge in [0.05, 0.1) is 0 Å². The van der Waals surface area contributed by atoms with Gasteiger partial charge in [0.2, 0.25) is 0 Å². The van der Waals surface area contributed by atoms with Gasteiger partial charge in [0, 0.05) is 22.5 Å². The molecule has 0 amide bonds. The quantitative estimate of drug-likeness (QED) is 0.900. The molecule has 3 heteroatoms. The highest BCUT2D eigenvalue weighted by Gasteiger charge is 2.48. The molecule has 1 atom stereocenters. The van der Waals surface area contributed by atoms with E-state index in [9.17, 15) is 0 Å². The fourth-order valence-corrected chi connectivity index (χ4v) is 3.36. The number of hydrogen-bond acceptors (Lipinski definition) is 3. The zero-order valence-electron chi connectivity index (χ0n) is 9.89. The molecule has 0 saturated heterocycles. The van der Waals surface area contributed by atoms with Crippen molar-refractivity contribution in [3.8, 4) is 0 Å². The standard InChI is InChI=1S/C14H16N2S/c1-10(15)12-9-16-13(17-12)14(7-8-14)11-5-3-2-4-6-11/h2-6,9-10H,7-8,15H2,1H3. The molecule has 3 rings (SSSR count). The molecule has 1 aliphatic carbocycles. The Bertz CT molecular complexity index is 512. The van der Waals surface area contributed by atoms with E-state index in [1.807, 2.05) is 13.1 Å². The number of benzene rings is 1. The molecule has 17 heavy (non-hydrogen) atoms. The second-order valence-electron chi connectivity index (χ2n) is 4.80. The second kappa shape index (κ2) is 3.93. The van der Waals surface area contributed by atoms with E-state index in [4.69, 9.17) is 5.73 Å². The summed E-state index contributed by atoms with van der Waals surface area (Å²) in [6.07, 6.45) is 4.36. The molecule has 2 nitrogen and oxygen atoms in total. The summed E-state index contributed by atoms with van der Waals surface area (Å²) in [5.41, 5.74) is 7.49. The lowest BCUT2D eigenvalue weighted by Crippen LogP contribution is -2.07. The van der Waals surface area contributed by atoms with Crippen LogP contribution in [0.2, 0.25) is 0 Å². The van der Waals surface area contributed by atoms with E-state index in [1.54, 1.807) is 11.3 Å². The van der Waals surface area contributed by atoms with Crippen molar-refractivity contribution in [3.05, 3.63) is 52.0 Å². The Morgan fingerprint density at radius 2 is 2.00 bits per heavy atom. The highest BCUT2D eigenvalue weighted by Crippen LogP contribution is 2.54. The molecule has 1 aromatic carbocycles. The Morgan fingerprint density at radius 3 is 2.53 bits per heavy atom. The fraction of sp³-hybridized carbons (Fsp3) is 0.357. The van der Waals surface area contributed by atoms with Crippen LogP contribution in [0, 0.1) is 0 Å². The molecule has 2 N–H and O–H groups in total. The van der Waals surface area contributed by atoms with Gasteiger partial charge >= 0.3 is 0 Å². The highest BCUT2D eigenvalue weighted by molar-refractivity contribution is 7.11. The van der Waals surface area contributed by atoms with E-state index in [0.717, 1.165) is 0 Å². The first-order chi connectivity index (χ1) is 8.22. The second-order valence-corrected chi connectivity index (χ2v) is 5.87. The van der Waals surface area contributed by atoms with Crippen molar-refractivity contribution in [2.45, 2.75) is 31.2 Å². The molecule has 1 fully saturated rings. The number of aromatic nitrogens is 1. The van der Waals surface area contributed by atoms with Crippen LogP contribution in [0.3, 0.4) is 0 Å². The van der Waals surface area contributed by atoms with Crippen LogP contribution in [0.4, 0.5) is 0 Å². The van der Waals surface area contributed by atoms with Gasteiger partial charge in [-0.15, -0.1) is 11.3 Å². The van der Waals surface area contributed by atoms with Crippen LogP contribution < -0.4 is 5.73 Å². The summed E-state index contributed by atoms with van der Waals surface area (Å²) >= 11 is 1.77. The monoisotopic (exact) mass is 244 g/mol. The molecule has 1 saturated carbocycles. The van der Waals surface area contributed by atoms with E-state index in [0.29, 0.717) is 0 Å². The van der Waals surface area contributed by atoms with Gasteiger partial charge in [-0.1, -0.05) is 30.3 Å². The normalized spacial score (nSPS) is 18.9. The van der Waals surface area contributed by atoms with E-state index in [-0.39, 0.29) is 11.5 Å². The van der Waals surface area contributed by atoms with Crippen molar-refractivity contribution in [2.75, 3.05) is 0 Å². The molecule has 0 bridgehead atoms. The number of thiazole rings is 1. The first-order valence-corrected chi connectivity index (χ1v) is 6.81. The van der Waals surface area contributed by atoms with Crippen LogP contribution in [-0.4, -0.2) is 4.98 Å². The van der Waals surface area contributed by atoms with Crippen molar-refractivity contribution >= 4 is 11.3 Å². The summed E-state index contributed by atoms with van der Waals surface area (Å²) < 4.78 is 0. The minimum Gasteiger partial charge on any atom is -0.323 e. The smallest absolute Gasteiger partial charge is 0.103 e. The summed E-state index contributed by atoms with van der Waals surface area (Å²) in [5.74, 6) is 0. The van der Waals surface area contributed by atoms with E-state index in [1.165, 1.54) is 28.3 Å². The van der Waals surface area contributed by atoms with Gasteiger partial charge in [-0.25, -0.2) is 4.98 Å². The summed E-state index contributed by atoms with van der Waals surface area (Å²) in [4.78, 5) is 5.77. The van der Waals surface area contributed by atoms with Gasteiger partial charge in [-0.3, -0.25) is 0 Å². The van der Waals surface area contributed by atoms with Crippen LogP contribution in [0.1, 0.15) is 41.3 Å². The van der Waals surface area contributed by atoms with Crippen molar-refractivity contribution in [1.29, 1.82) is 0 Å². The molecular formula is C14H16N2S. The molecule has 0 radical (unpaired) electrons. The lowest BCUT2D eigenvalue weighted by molar-refractivity contribution is 0.825. The van der Waals surface area contributed by atoms with Crippen LogP contribution >= 0.6 is 11.3 Å². The Kier molecular flexibility index (Phi) is 2.53. The summed E-state index contributed by atoms with van der Waals surface area (Å²) in [6, 6.07) is 10.8. The maximum Gasteiger partial charge on any atom is 0.103 e. The lowest BCUT2D eigenvalue weighted by atomic mass is 9.97. The predicted molar refractivity (Wildman–Crippen MR) is 71.2 cm³/mol. The van der Waals surface area contributed by atoms with Crippen molar-refractivity contribution in [1.82, 2.24) is 4.98 Å². The molecular weight excluding hydrogens is 228 g/mol. The van der Waals surface area contributed by atoms with Gasteiger partial charge in [0.25, 0.3) is 0 Å². The zero-order valence-corrected chi connectivity index (χ0v) is 10.7. The number of nitrogens with zero attached hydrogens (tertiary/aromatic N) is 1. The molecule has 1 aromatic heterocycles. The van der Waals surface area contributed by atoms with E-state index < -0.39 is 0 Å².